The quantitative estimate of drug-likeness (QED) is 0.902. The third-order valence-electron chi connectivity index (χ3n) is 4.35. The van der Waals surface area contributed by atoms with Crippen molar-refractivity contribution in [2.45, 2.75) is 32.4 Å². The van der Waals surface area contributed by atoms with E-state index in [0.717, 1.165) is 25.2 Å². The summed E-state index contributed by atoms with van der Waals surface area (Å²) >= 11 is 5.84. The maximum Gasteiger partial charge on any atom is 0.270 e. The topological polar surface area (TPSA) is 69.0 Å². The minimum Gasteiger partial charge on any atom is -0.381 e. The summed E-state index contributed by atoms with van der Waals surface area (Å²) in [6.07, 6.45) is 6.99. The molecule has 3 heterocycles. The highest BCUT2D eigenvalue weighted by atomic mass is 35.5. The first-order valence-corrected chi connectivity index (χ1v) is 8.58. The van der Waals surface area contributed by atoms with Crippen LogP contribution >= 0.6 is 11.6 Å². The van der Waals surface area contributed by atoms with Crippen LogP contribution in [0.3, 0.4) is 0 Å². The summed E-state index contributed by atoms with van der Waals surface area (Å²) in [5, 5.41) is 3.62. The van der Waals surface area contributed by atoms with Crippen molar-refractivity contribution in [3.63, 3.8) is 0 Å². The van der Waals surface area contributed by atoms with Gasteiger partial charge in [0, 0.05) is 38.3 Å². The van der Waals surface area contributed by atoms with Gasteiger partial charge in [-0.1, -0.05) is 11.6 Å². The molecule has 3 rings (SSSR count). The molecular weight excluding hydrogens is 328 g/mol. The first-order valence-electron chi connectivity index (χ1n) is 8.20. The molecule has 7 heteroatoms. The van der Waals surface area contributed by atoms with Crippen LogP contribution in [-0.4, -0.2) is 33.7 Å². The molecule has 1 aliphatic rings. The number of ether oxygens (including phenoxy) is 1. The van der Waals surface area contributed by atoms with Crippen LogP contribution in [0.15, 0.2) is 30.7 Å². The molecular formula is C17H21ClN4O2. The largest absolute Gasteiger partial charge is 0.381 e. The van der Waals surface area contributed by atoms with Crippen LogP contribution < -0.4 is 5.32 Å². The monoisotopic (exact) mass is 348 g/mol. The van der Waals surface area contributed by atoms with E-state index in [2.05, 4.69) is 26.8 Å². The van der Waals surface area contributed by atoms with Crippen molar-refractivity contribution in [2.75, 3.05) is 13.2 Å². The lowest BCUT2D eigenvalue weighted by Gasteiger charge is -2.30. The number of hydrogen-bond acceptors (Lipinski definition) is 4. The molecule has 1 amide bonds. The van der Waals surface area contributed by atoms with Crippen LogP contribution in [0.1, 0.15) is 42.1 Å². The van der Waals surface area contributed by atoms with E-state index in [0.29, 0.717) is 29.8 Å². The maximum absolute atomic E-state index is 12.6. The van der Waals surface area contributed by atoms with Gasteiger partial charge in [0.25, 0.3) is 5.91 Å². The van der Waals surface area contributed by atoms with Gasteiger partial charge in [-0.25, -0.2) is 9.97 Å². The van der Waals surface area contributed by atoms with Crippen molar-refractivity contribution < 1.29 is 9.53 Å². The molecule has 1 fully saturated rings. The molecule has 0 radical (unpaired) electrons. The fraction of sp³-hybridized carbons (Fsp3) is 0.471. The average Bonchev–Trinajstić information content (AvgIpc) is 3.09. The highest BCUT2D eigenvalue weighted by molar-refractivity contribution is 6.30. The Bertz CT molecular complexity index is 680. The number of imidazole rings is 1. The van der Waals surface area contributed by atoms with Crippen LogP contribution in [0, 0.1) is 5.92 Å². The van der Waals surface area contributed by atoms with E-state index in [9.17, 15) is 4.79 Å². The van der Waals surface area contributed by atoms with E-state index in [1.807, 2.05) is 6.20 Å². The van der Waals surface area contributed by atoms with Crippen molar-refractivity contribution in [1.82, 2.24) is 19.9 Å². The minimum atomic E-state index is -0.214. The third kappa shape index (κ3) is 3.76. The minimum absolute atomic E-state index is 0.158. The number of halogens is 1. The van der Waals surface area contributed by atoms with E-state index >= 15 is 0 Å². The standard InChI is InChI=1S/C17H21ClN4O2/c1-2-22-8-7-19-16(22)15(12-5-9-24-10-6-12)21-17(23)14-4-3-13(18)11-20-14/h3-4,7-8,11-12,15H,2,5-6,9-10H2,1H3,(H,21,23)/t15-/m0/s1. The predicted octanol–water partition coefficient (Wildman–Crippen LogP) is 2.85. The van der Waals surface area contributed by atoms with Crippen LogP contribution in [0.5, 0.6) is 0 Å². The Morgan fingerprint density at radius 1 is 1.42 bits per heavy atom. The summed E-state index contributed by atoms with van der Waals surface area (Å²) in [6, 6.07) is 3.14. The van der Waals surface area contributed by atoms with Crippen molar-refractivity contribution >= 4 is 17.5 Å². The molecule has 0 aromatic carbocycles. The zero-order chi connectivity index (χ0) is 16.9. The predicted molar refractivity (Wildman–Crippen MR) is 90.9 cm³/mol. The molecule has 1 saturated heterocycles. The van der Waals surface area contributed by atoms with Gasteiger partial charge in [0.2, 0.25) is 0 Å². The van der Waals surface area contributed by atoms with Gasteiger partial charge in [0.15, 0.2) is 0 Å². The average molecular weight is 349 g/mol. The number of amides is 1. The van der Waals surface area contributed by atoms with Gasteiger partial charge in [-0.15, -0.1) is 0 Å². The number of aromatic nitrogens is 3. The molecule has 0 unspecified atom stereocenters. The molecule has 6 nitrogen and oxygen atoms in total. The van der Waals surface area contributed by atoms with E-state index in [4.69, 9.17) is 16.3 Å². The molecule has 2 aromatic heterocycles. The van der Waals surface area contributed by atoms with Crippen molar-refractivity contribution in [2.24, 2.45) is 5.92 Å². The highest BCUT2D eigenvalue weighted by Gasteiger charge is 2.30. The Kier molecular flexibility index (Phi) is 5.48. The zero-order valence-corrected chi connectivity index (χ0v) is 14.4. The molecule has 1 N–H and O–H groups in total. The second kappa shape index (κ2) is 7.77. The van der Waals surface area contributed by atoms with Crippen molar-refractivity contribution in [3.05, 3.63) is 47.3 Å². The van der Waals surface area contributed by atoms with Crippen molar-refractivity contribution in [1.29, 1.82) is 0 Å². The van der Waals surface area contributed by atoms with Crippen molar-refractivity contribution in [3.8, 4) is 0 Å². The number of nitrogens with one attached hydrogen (secondary N) is 1. The maximum atomic E-state index is 12.6. The lowest BCUT2D eigenvalue weighted by Crippen LogP contribution is -2.38. The van der Waals surface area contributed by atoms with Gasteiger partial charge >= 0.3 is 0 Å². The summed E-state index contributed by atoms with van der Waals surface area (Å²) in [5.74, 6) is 0.961. The summed E-state index contributed by atoms with van der Waals surface area (Å²) in [7, 11) is 0. The van der Waals surface area contributed by atoms with Gasteiger partial charge in [0.1, 0.15) is 11.5 Å². The SMILES string of the molecule is CCn1ccnc1[C@@H](NC(=O)c1ccc(Cl)cn1)C1CCOCC1. The molecule has 0 saturated carbocycles. The van der Waals surface area contributed by atoms with Crippen LogP contribution in [0.2, 0.25) is 5.02 Å². The Balaban J connectivity index is 1.84. The molecule has 128 valence electrons. The van der Waals surface area contributed by atoms with Gasteiger partial charge in [-0.05, 0) is 37.8 Å². The van der Waals surface area contributed by atoms with Gasteiger partial charge in [-0.3, -0.25) is 4.79 Å². The molecule has 1 atom stereocenters. The Morgan fingerprint density at radius 2 is 2.21 bits per heavy atom. The third-order valence-corrected chi connectivity index (χ3v) is 4.57. The summed E-state index contributed by atoms with van der Waals surface area (Å²) in [4.78, 5) is 21.2. The summed E-state index contributed by atoms with van der Waals surface area (Å²) in [5.41, 5.74) is 0.353. The smallest absolute Gasteiger partial charge is 0.270 e. The van der Waals surface area contributed by atoms with Gasteiger partial charge in [-0.2, -0.15) is 0 Å². The number of carbonyl (C=O) groups is 1. The van der Waals surface area contributed by atoms with Gasteiger partial charge < -0.3 is 14.6 Å². The lowest BCUT2D eigenvalue weighted by atomic mass is 9.91. The Morgan fingerprint density at radius 3 is 2.88 bits per heavy atom. The number of nitrogens with zero attached hydrogens (tertiary/aromatic N) is 3. The molecule has 1 aliphatic heterocycles. The first-order chi connectivity index (χ1) is 11.7. The molecule has 0 bridgehead atoms. The Hall–Kier alpha value is -1.92. The second-order valence-corrected chi connectivity index (χ2v) is 6.27. The fourth-order valence-electron chi connectivity index (χ4n) is 3.03. The molecule has 0 aliphatic carbocycles. The van der Waals surface area contributed by atoms with Gasteiger partial charge in [0.05, 0.1) is 11.1 Å². The number of hydrogen-bond donors (Lipinski definition) is 1. The number of aryl methyl sites for hydroxylation is 1. The number of rotatable bonds is 5. The van der Waals surface area contributed by atoms with E-state index in [1.54, 1.807) is 18.3 Å². The summed E-state index contributed by atoms with van der Waals surface area (Å²) in [6.45, 7) is 4.30. The zero-order valence-electron chi connectivity index (χ0n) is 13.6. The molecule has 2 aromatic rings. The highest BCUT2D eigenvalue weighted by Crippen LogP contribution is 2.29. The first kappa shape index (κ1) is 16.9. The fourth-order valence-corrected chi connectivity index (χ4v) is 3.15. The summed E-state index contributed by atoms with van der Waals surface area (Å²) < 4.78 is 7.52. The Labute approximate surface area is 146 Å². The normalized spacial score (nSPS) is 16.8. The van der Waals surface area contributed by atoms with E-state index < -0.39 is 0 Å². The van der Waals surface area contributed by atoms with Crippen LogP contribution in [0.4, 0.5) is 0 Å². The molecule has 0 spiro atoms. The van der Waals surface area contributed by atoms with Crippen LogP contribution in [-0.2, 0) is 11.3 Å². The number of carbonyl (C=O) groups excluding carboxylic acids is 1. The second-order valence-electron chi connectivity index (χ2n) is 5.83. The van der Waals surface area contributed by atoms with E-state index in [-0.39, 0.29) is 11.9 Å². The van der Waals surface area contributed by atoms with Crippen LogP contribution in [0.25, 0.3) is 0 Å². The molecule has 24 heavy (non-hydrogen) atoms. The lowest BCUT2D eigenvalue weighted by molar-refractivity contribution is 0.0497. The van der Waals surface area contributed by atoms with E-state index in [1.165, 1.54) is 6.20 Å². The number of pyridine rings is 1.